The van der Waals surface area contributed by atoms with Crippen molar-refractivity contribution in [2.24, 2.45) is 11.3 Å². The Labute approximate surface area is 104 Å². The number of hydrogen-bond donors (Lipinski definition) is 1. The van der Waals surface area contributed by atoms with Gasteiger partial charge in [-0.2, -0.15) is 0 Å². The number of aliphatic hydroxyl groups is 1. The van der Waals surface area contributed by atoms with Crippen LogP contribution >= 0.6 is 0 Å². The second kappa shape index (κ2) is 6.14. The van der Waals surface area contributed by atoms with Gasteiger partial charge in [0.05, 0.1) is 25.2 Å². The Morgan fingerprint density at radius 3 is 2.53 bits per heavy atom. The molecular weight excluding hydrogens is 218 g/mol. The minimum absolute atomic E-state index is 0.0345. The lowest BCUT2D eigenvalue weighted by molar-refractivity contribution is -0.150. The predicted octanol–water partition coefficient (Wildman–Crippen LogP) is 0.744. The fourth-order valence-electron chi connectivity index (χ4n) is 2.69. The summed E-state index contributed by atoms with van der Waals surface area (Å²) in [5, 5.41) is 9.41. The van der Waals surface area contributed by atoms with E-state index in [1.807, 2.05) is 0 Å². The van der Waals surface area contributed by atoms with Gasteiger partial charge in [-0.05, 0) is 38.8 Å². The SMILES string of the molecule is CCOCC1CCN(CC2(CO)COC2)CC1. The van der Waals surface area contributed by atoms with Gasteiger partial charge in [0.2, 0.25) is 0 Å². The molecule has 2 heterocycles. The number of piperidine rings is 1. The summed E-state index contributed by atoms with van der Waals surface area (Å²) in [6, 6.07) is 0. The lowest BCUT2D eigenvalue weighted by Crippen LogP contribution is -2.54. The topological polar surface area (TPSA) is 41.9 Å². The molecule has 0 spiro atoms. The standard InChI is InChI=1S/C13H25NO3/c1-2-16-7-12-3-5-14(6-4-12)8-13(9-15)10-17-11-13/h12,15H,2-11H2,1H3. The molecule has 0 atom stereocenters. The molecule has 17 heavy (non-hydrogen) atoms. The molecule has 2 fully saturated rings. The lowest BCUT2D eigenvalue weighted by Gasteiger charge is -2.44. The van der Waals surface area contributed by atoms with Crippen LogP contribution in [0, 0.1) is 11.3 Å². The van der Waals surface area contributed by atoms with Crippen molar-refractivity contribution in [1.29, 1.82) is 0 Å². The molecule has 4 heteroatoms. The second-order valence-electron chi connectivity index (χ2n) is 5.53. The minimum atomic E-state index is 0.0345. The number of hydrogen-bond acceptors (Lipinski definition) is 4. The van der Waals surface area contributed by atoms with Crippen LogP contribution in [0.1, 0.15) is 19.8 Å². The maximum atomic E-state index is 9.41. The summed E-state index contributed by atoms with van der Waals surface area (Å²) in [7, 11) is 0. The number of nitrogens with zero attached hydrogens (tertiary/aromatic N) is 1. The van der Waals surface area contributed by atoms with E-state index in [0.717, 1.165) is 52.0 Å². The Kier molecular flexibility index (Phi) is 4.79. The third-order valence-corrected chi connectivity index (χ3v) is 3.98. The van der Waals surface area contributed by atoms with E-state index in [1.54, 1.807) is 0 Å². The first-order valence-electron chi connectivity index (χ1n) is 6.77. The number of rotatable bonds is 6. The summed E-state index contributed by atoms with van der Waals surface area (Å²) in [5.41, 5.74) is 0.0345. The molecule has 2 rings (SSSR count). The molecule has 0 radical (unpaired) electrons. The van der Waals surface area contributed by atoms with Crippen LogP contribution in [0.2, 0.25) is 0 Å². The zero-order valence-electron chi connectivity index (χ0n) is 10.9. The van der Waals surface area contributed by atoms with Crippen LogP contribution in [0.5, 0.6) is 0 Å². The summed E-state index contributed by atoms with van der Waals surface area (Å²) in [6.45, 7) is 8.76. The van der Waals surface area contributed by atoms with E-state index in [4.69, 9.17) is 9.47 Å². The molecule has 0 aliphatic carbocycles. The predicted molar refractivity (Wildman–Crippen MR) is 66.0 cm³/mol. The van der Waals surface area contributed by atoms with Crippen molar-refractivity contribution in [2.45, 2.75) is 19.8 Å². The fourth-order valence-corrected chi connectivity index (χ4v) is 2.69. The zero-order valence-corrected chi connectivity index (χ0v) is 10.9. The third kappa shape index (κ3) is 3.41. The van der Waals surface area contributed by atoms with E-state index in [1.165, 1.54) is 12.8 Å². The van der Waals surface area contributed by atoms with Crippen molar-refractivity contribution in [1.82, 2.24) is 4.90 Å². The molecule has 0 bridgehead atoms. The Balaban J connectivity index is 1.68. The smallest absolute Gasteiger partial charge is 0.0579 e. The molecule has 0 saturated carbocycles. The van der Waals surface area contributed by atoms with Crippen LogP contribution in [0.4, 0.5) is 0 Å². The Morgan fingerprint density at radius 1 is 1.35 bits per heavy atom. The van der Waals surface area contributed by atoms with Gasteiger partial charge in [0.1, 0.15) is 0 Å². The van der Waals surface area contributed by atoms with Gasteiger partial charge >= 0.3 is 0 Å². The average molecular weight is 243 g/mol. The molecule has 4 nitrogen and oxygen atoms in total. The van der Waals surface area contributed by atoms with Crippen molar-refractivity contribution < 1.29 is 14.6 Å². The monoisotopic (exact) mass is 243 g/mol. The van der Waals surface area contributed by atoms with Crippen molar-refractivity contribution in [2.75, 3.05) is 52.7 Å². The second-order valence-corrected chi connectivity index (χ2v) is 5.53. The summed E-state index contributed by atoms with van der Waals surface area (Å²) >= 11 is 0. The Morgan fingerprint density at radius 2 is 2.06 bits per heavy atom. The molecule has 1 N–H and O–H groups in total. The summed E-state index contributed by atoms with van der Waals surface area (Å²) in [4.78, 5) is 2.47. The molecule has 2 aliphatic rings. The highest BCUT2D eigenvalue weighted by molar-refractivity contribution is 4.89. The normalized spacial score (nSPS) is 25.8. The average Bonchev–Trinajstić information content (AvgIpc) is 2.33. The molecule has 0 amide bonds. The molecule has 2 saturated heterocycles. The first-order chi connectivity index (χ1) is 8.28. The van der Waals surface area contributed by atoms with E-state index in [2.05, 4.69) is 11.8 Å². The van der Waals surface area contributed by atoms with Crippen molar-refractivity contribution in [3.8, 4) is 0 Å². The van der Waals surface area contributed by atoms with Gasteiger partial charge in [-0.1, -0.05) is 0 Å². The quantitative estimate of drug-likeness (QED) is 0.747. The van der Waals surface area contributed by atoms with Crippen LogP contribution in [0.25, 0.3) is 0 Å². The van der Waals surface area contributed by atoms with Crippen LogP contribution in [-0.4, -0.2) is 62.7 Å². The minimum Gasteiger partial charge on any atom is -0.396 e. The van der Waals surface area contributed by atoms with E-state index < -0.39 is 0 Å². The molecule has 0 unspecified atom stereocenters. The highest BCUT2D eigenvalue weighted by Gasteiger charge is 2.40. The third-order valence-electron chi connectivity index (χ3n) is 3.98. The van der Waals surface area contributed by atoms with Gasteiger partial charge in [0, 0.05) is 19.8 Å². The van der Waals surface area contributed by atoms with E-state index in [9.17, 15) is 5.11 Å². The van der Waals surface area contributed by atoms with Crippen LogP contribution in [0.15, 0.2) is 0 Å². The molecule has 0 aromatic carbocycles. The highest BCUT2D eigenvalue weighted by Crippen LogP contribution is 2.29. The highest BCUT2D eigenvalue weighted by atomic mass is 16.5. The van der Waals surface area contributed by atoms with Crippen LogP contribution < -0.4 is 0 Å². The first kappa shape index (κ1) is 13.3. The number of aliphatic hydroxyl groups excluding tert-OH is 1. The van der Waals surface area contributed by atoms with Crippen molar-refractivity contribution >= 4 is 0 Å². The molecular formula is C13H25NO3. The Bertz CT molecular complexity index is 217. The van der Waals surface area contributed by atoms with E-state index in [0.29, 0.717) is 0 Å². The lowest BCUT2D eigenvalue weighted by atomic mass is 9.85. The van der Waals surface area contributed by atoms with E-state index >= 15 is 0 Å². The maximum absolute atomic E-state index is 9.41. The molecule has 2 aliphatic heterocycles. The summed E-state index contributed by atoms with van der Waals surface area (Å²) in [5.74, 6) is 0.730. The number of ether oxygens (including phenoxy) is 2. The molecule has 0 aromatic rings. The van der Waals surface area contributed by atoms with Gasteiger partial charge in [0.15, 0.2) is 0 Å². The van der Waals surface area contributed by atoms with Crippen molar-refractivity contribution in [3.63, 3.8) is 0 Å². The fraction of sp³-hybridized carbons (Fsp3) is 1.00. The van der Waals surface area contributed by atoms with Gasteiger partial charge in [0.25, 0.3) is 0 Å². The largest absolute Gasteiger partial charge is 0.396 e. The summed E-state index contributed by atoms with van der Waals surface area (Å²) < 4.78 is 10.7. The Hall–Kier alpha value is -0.160. The van der Waals surface area contributed by atoms with Gasteiger partial charge in [-0.15, -0.1) is 0 Å². The van der Waals surface area contributed by atoms with Crippen LogP contribution in [0.3, 0.4) is 0 Å². The van der Waals surface area contributed by atoms with Crippen molar-refractivity contribution in [3.05, 3.63) is 0 Å². The maximum Gasteiger partial charge on any atom is 0.0579 e. The van der Waals surface area contributed by atoms with Gasteiger partial charge in [-0.25, -0.2) is 0 Å². The van der Waals surface area contributed by atoms with E-state index in [-0.39, 0.29) is 12.0 Å². The zero-order chi connectivity index (χ0) is 12.1. The molecule has 0 aromatic heterocycles. The number of likely N-dealkylation sites (tertiary alicyclic amines) is 1. The van der Waals surface area contributed by atoms with Crippen LogP contribution in [-0.2, 0) is 9.47 Å². The molecule has 100 valence electrons. The van der Waals surface area contributed by atoms with Gasteiger partial charge in [-0.3, -0.25) is 0 Å². The summed E-state index contributed by atoms with van der Waals surface area (Å²) in [6.07, 6.45) is 2.45. The van der Waals surface area contributed by atoms with Gasteiger partial charge < -0.3 is 19.5 Å². The first-order valence-corrected chi connectivity index (χ1v) is 6.77.